The van der Waals surface area contributed by atoms with E-state index in [0.717, 1.165) is 50.2 Å². The molecule has 4 heterocycles. The van der Waals surface area contributed by atoms with Gasteiger partial charge >= 0.3 is 0 Å². The first-order valence-electron chi connectivity index (χ1n) is 11.1. The number of ether oxygens (including phenoxy) is 1. The number of hydrogen-bond donors (Lipinski definition) is 2. The van der Waals surface area contributed by atoms with E-state index in [2.05, 4.69) is 38.1 Å². The second-order valence-corrected chi connectivity index (χ2v) is 8.38. The van der Waals surface area contributed by atoms with Crippen molar-refractivity contribution in [1.29, 1.82) is 0 Å². The average molecular weight is 468 g/mol. The Labute approximate surface area is 202 Å². The minimum Gasteiger partial charge on any atom is -0.486 e. The molecule has 0 saturated carbocycles. The summed E-state index contributed by atoms with van der Waals surface area (Å²) in [7, 11) is 3.73. The Morgan fingerprint density at radius 3 is 2.63 bits per heavy atom. The Balaban J connectivity index is 1.62. The number of hydrogen-bond acceptors (Lipinski definition) is 5. The van der Waals surface area contributed by atoms with Gasteiger partial charge in [-0.25, -0.2) is 4.98 Å². The van der Waals surface area contributed by atoms with Crippen LogP contribution in [0.2, 0.25) is 0 Å². The van der Waals surface area contributed by atoms with Crippen LogP contribution in [0.5, 0.6) is 5.75 Å². The van der Waals surface area contributed by atoms with Crippen molar-refractivity contribution >= 4 is 22.6 Å². The van der Waals surface area contributed by atoms with Gasteiger partial charge in [-0.1, -0.05) is 18.7 Å². The molecule has 0 fully saturated rings. The number of nitrogens with one attached hydrogen (secondary N) is 2. The number of aromatic amines is 1. The van der Waals surface area contributed by atoms with Crippen molar-refractivity contribution in [1.82, 2.24) is 29.5 Å². The lowest BCUT2D eigenvalue weighted by atomic mass is 9.98. The molecule has 9 nitrogen and oxygen atoms in total. The molecule has 0 unspecified atom stereocenters. The molecule has 9 heteroatoms. The van der Waals surface area contributed by atoms with E-state index in [1.54, 1.807) is 21.8 Å². The van der Waals surface area contributed by atoms with Gasteiger partial charge in [0.05, 0.1) is 24.3 Å². The molecule has 0 atom stereocenters. The molecule has 176 valence electrons. The molecule has 5 aromatic rings. The van der Waals surface area contributed by atoms with E-state index < -0.39 is 0 Å². The fourth-order valence-corrected chi connectivity index (χ4v) is 4.00. The predicted octanol–water partition coefficient (Wildman–Crippen LogP) is 4.38. The summed E-state index contributed by atoms with van der Waals surface area (Å²) >= 11 is 0. The third-order valence-electron chi connectivity index (χ3n) is 5.76. The average Bonchev–Trinajstić information content (AvgIpc) is 3.56. The highest BCUT2D eigenvalue weighted by molar-refractivity contribution is 6.04. The lowest BCUT2D eigenvalue weighted by molar-refractivity contribution is -0.111. The van der Waals surface area contributed by atoms with Gasteiger partial charge in [-0.05, 0) is 36.3 Å². The normalized spacial score (nSPS) is 11.1. The summed E-state index contributed by atoms with van der Waals surface area (Å²) < 4.78 is 9.35. The summed E-state index contributed by atoms with van der Waals surface area (Å²) in [5.74, 6) is 0.437. The fraction of sp³-hybridized carbons (Fsp3) is 0.154. The highest BCUT2D eigenvalue weighted by Gasteiger charge is 2.19. The van der Waals surface area contributed by atoms with Crippen LogP contribution in [0, 0.1) is 6.92 Å². The molecule has 0 spiro atoms. The van der Waals surface area contributed by atoms with Gasteiger partial charge in [-0.3, -0.25) is 14.2 Å². The van der Waals surface area contributed by atoms with E-state index >= 15 is 0 Å². The van der Waals surface area contributed by atoms with E-state index in [1.165, 1.54) is 6.08 Å². The molecule has 1 aromatic carbocycles. The first kappa shape index (κ1) is 22.1. The number of carbonyl (C=O) groups is 1. The van der Waals surface area contributed by atoms with Crippen LogP contribution < -0.4 is 10.1 Å². The number of carbonyl (C=O) groups excluding carboxylic acids is 1. The number of pyridine rings is 1. The van der Waals surface area contributed by atoms with Crippen molar-refractivity contribution in [2.75, 3.05) is 5.32 Å². The Hall–Kier alpha value is -4.66. The van der Waals surface area contributed by atoms with Gasteiger partial charge in [-0.2, -0.15) is 10.2 Å². The maximum Gasteiger partial charge on any atom is 0.247 e. The maximum absolute atomic E-state index is 12.0. The van der Waals surface area contributed by atoms with Gasteiger partial charge in [0.1, 0.15) is 12.3 Å². The van der Waals surface area contributed by atoms with E-state index in [-0.39, 0.29) is 5.91 Å². The molecule has 0 aliphatic heterocycles. The molecule has 0 aliphatic rings. The van der Waals surface area contributed by atoms with E-state index in [1.807, 2.05) is 57.8 Å². The molecular formula is C26H25N7O2. The molecule has 4 aromatic heterocycles. The Morgan fingerprint density at radius 1 is 1.11 bits per heavy atom. The Kier molecular flexibility index (Phi) is 5.66. The molecule has 1 amide bonds. The van der Waals surface area contributed by atoms with Gasteiger partial charge < -0.3 is 15.0 Å². The Morgan fingerprint density at radius 2 is 1.91 bits per heavy atom. The zero-order valence-corrected chi connectivity index (χ0v) is 19.7. The molecule has 5 rings (SSSR count). The van der Waals surface area contributed by atoms with Crippen LogP contribution in [-0.4, -0.2) is 35.4 Å². The third-order valence-corrected chi connectivity index (χ3v) is 5.76. The summed E-state index contributed by atoms with van der Waals surface area (Å²) in [5, 5.41) is 12.3. The molecule has 0 bridgehead atoms. The Bertz CT molecular complexity index is 1560. The molecule has 35 heavy (non-hydrogen) atoms. The predicted molar refractivity (Wildman–Crippen MR) is 135 cm³/mol. The quantitative estimate of drug-likeness (QED) is 0.346. The zero-order chi connectivity index (χ0) is 24.5. The monoisotopic (exact) mass is 467 g/mol. The molecule has 2 N–H and O–H groups in total. The summed E-state index contributed by atoms with van der Waals surface area (Å²) in [5.41, 5.74) is 7.10. The number of H-pyrrole nitrogens is 1. The molecule has 0 radical (unpaired) electrons. The number of aryl methyl sites for hydroxylation is 3. The van der Waals surface area contributed by atoms with Crippen molar-refractivity contribution in [2.24, 2.45) is 14.1 Å². The second kappa shape index (κ2) is 8.94. The van der Waals surface area contributed by atoms with Crippen LogP contribution in [0.4, 0.5) is 5.69 Å². The number of rotatable bonds is 7. The van der Waals surface area contributed by atoms with E-state index in [9.17, 15) is 4.79 Å². The van der Waals surface area contributed by atoms with Crippen LogP contribution >= 0.6 is 0 Å². The second-order valence-electron chi connectivity index (χ2n) is 8.38. The zero-order valence-electron chi connectivity index (χ0n) is 19.7. The number of nitrogens with zero attached hydrogens (tertiary/aromatic N) is 5. The van der Waals surface area contributed by atoms with E-state index in [4.69, 9.17) is 4.74 Å². The highest BCUT2D eigenvalue weighted by atomic mass is 16.5. The van der Waals surface area contributed by atoms with Gasteiger partial charge in [0, 0.05) is 54.3 Å². The maximum atomic E-state index is 12.0. The van der Waals surface area contributed by atoms with Crippen molar-refractivity contribution in [3.63, 3.8) is 0 Å². The fourth-order valence-electron chi connectivity index (χ4n) is 4.00. The lowest BCUT2D eigenvalue weighted by Crippen LogP contribution is -2.08. The minimum atomic E-state index is -0.256. The summed E-state index contributed by atoms with van der Waals surface area (Å²) in [4.78, 5) is 20.1. The molecular weight excluding hydrogens is 442 g/mol. The third kappa shape index (κ3) is 4.43. The van der Waals surface area contributed by atoms with Gasteiger partial charge in [0.15, 0.2) is 5.75 Å². The minimum absolute atomic E-state index is 0.256. The van der Waals surface area contributed by atoms with Gasteiger partial charge in [0.25, 0.3) is 0 Å². The number of benzene rings is 1. The topological polar surface area (TPSA) is 103 Å². The van der Waals surface area contributed by atoms with Crippen molar-refractivity contribution in [3.05, 3.63) is 79.0 Å². The summed E-state index contributed by atoms with van der Waals surface area (Å²) in [6, 6.07) is 8.08. The van der Waals surface area contributed by atoms with Crippen molar-refractivity contribution in [3.8, 4) is 28.1 Å². The summed E-state index contributed by atoms with van der Waals surface area (Å²) in [6.45, 7) is 5.87. The highest BCUT2D eigenvalue weighted by Crippen LogP contribution is 2.39. The number of amides is 1. The van der Waals surface area contributed by atoms with Crippen molar-refractivity contribution in [2.45, 2.75) is 13.5 Å². The van der Waals surface area contributed by atoms with Crippen molar-refractivity contribution < 1.29 is 9.53 Å². The summed E-state index contributed by atoms with van der Waals surface area (Å²) in [6.07, 6.45) is 10.3. The van der Waals surface area contributed by atoms with E-state index in [0.29, 0.717) is 12.4 Å². The number of fused-ring (bicyclic) bond motifs is 1. The van der Waals surface area contributed by atoms with Crippen LogP contribution in [0.15, 0.2) is 67.9 Å². The molecule has 0 saturated heterocycles. The first-order chi connectivity index (χ1) is 16.9. The first-order valence-corrected chi connectivity index (χ1v) is 11.1. The van der Waals surface area contributed by atoms with Gasteiger partial charge in [0.2, 0.25) is 5.91 Å². The SMILES string of the molecule is C=CC(=O)Nc1cc(-c2c(-c3cnn(C)c3)[nH]c3ncc(COc4cnn(C)c4)cc23)ccc1C. The number of aromatic nitrogens is 6. The standard InChI is InChI=1S/C26H25N7O2/c1-5-23(34)30-22-9-18(7-6-16(22)2)24-21-8-17(15-35-20-12-29-33(4)14-20)10-27-26(21)31-25(24)19-11-28-32(3)13-19/h5-14H,1,15H2,2-4H3,(H,27,31)(H,30,34). The van der Waals surface area contributed by atoms with Crippen LogP contribution in [0.3, 0.4) is 0 Å². The smallest absolute Gasteiger partial charge is 0.247 e. The van der Waals surface area contributed by atoms with Crippen LogP contribution in [-0.2, 0) is 25.5 Å². The number of anilines is 1. The lowest BCUT2D eigenvalue weighted by Gasteiger charge is -2.11. The van der Waals surface area contributed by atoms with Crippen LogP contribution in [0.25, 0.3) is 33.4 Å². The van der Waals surface area contributed by atoms with Crippen LogP contribution in [0.1, 0.15) is 11.1 Å². The largest absolute Gasteiger partial charge is 0.486 e. The molecule has 0 aliphatic carbocycles. The van der Waals surface area contributed by atoms with Gasteiger partial charge in [-0.15, -0.1) is 0 Å².